The first-order valence-electron chi connectivity index (χ1n) is 9.00. The summed E-state index contributed by atoms with van der Waals surface area (Å²) >= 11 is 0. The van der Waals surface area contributed by atoms with Crippen LogP contribution < -0.4 is 10.2 Å². The molecular formula is C23H20FN3O. The number of benzene rings is 3. The van der Waals surface area contributed by atoms with E-state index in [1.54, 1.807) is 18.3 Å². The van der Waals surface area contributed by atoms with Gasteiger partial charge in [0, 0.05) is 18.8 Å². The highest BCUT2D eigenvalue weighted by Crippen LogP contribution is 2.30. The van der Waals surface area contributed by atoms with E-state index in [2.05, 4.69) is 16.6 Å². The second kappa shape index (κ2) is 7.96. The van der Waals surface area contributed by atoms with Crippen molar-refractivity contribution < 1.29 is 9.13 Å². The zero-order chi connectivity index (χ0) is 19.3. The monoisotopic (exact) mass is 373 g/mol. The van der Waals surface area contributed by atoms with E-state index in [-0.39, 0.29) is 5.82 Å². The Morgan fingerprint density at radius 1 is 1.00 bits per heavy atom. The van der Waals surface area contributed by atoms with Crippen LogP contribution in [0, 0.1) is 5.82 Å². The number of anilines is 1. The minimum absolute atomic E-state index is 0.274. The third-order valence-corrected chi connectivity index (χ3v) is 4.48. The van der Waals surface area contributed by atoms with Crippen molar-refractivity contribution in [2.24, 2.45) is 12.1 Å². The molecule has 0 aliphatic rings. The summed E-state index contributed by atoms with van der Waals surface area (Å²) in [7, 11) is 1.99. The van der Waals surface area contributed by atoms with Crippen LogP contribution in [0.15, 0.2) is 84.1 Å². The van der Waals surface area contributed by atoms with Gasteiger partial charge in [-0.05, 0) is 42.0 Å². The molecule has 0 aliphatic heterocycles. The number of fused-ring (bicyclic) bond motifs is 1. The Morgan fingerprint density at radius 2 is 1.79 bits per heavy atom. The number of nitrogens with one attached hydrogen (secondary N) is 1. The van der Waals surface area contributed by atoms with Crippen LogP contribution in [-0.2, 0) is 13.7 Å². The van der Waals surface area contributed by atoms with E-state index in [1.165, 1.54) is 12.1 Å². The first kappa shape index (κ1) is 17.8. The van der Waals surface area contributed by atoms with Crippen molar-refractivity contribution >= 4 is 22.8 Å². The molecule has 5 heteroatoms. The molecule has 0 atom stereocenters. The number of aromatic nitrogens is 1. The van der Waals surface area contributed by atoms with Crippen LogP contribution in [0.4, 0.5) is 10.1 Å². The maximum absolute atomic E-state index is 13.0. The van der Waals surface area contributed by atoms with Crippen LogP contribution in [0.2, 0.25) is 0 Å². The molecule has 1 N–H and O–H groups in total. The van der Waals surface area contributed by atoms with Crippen molar-refractivity contribution in [3.05, 3.63) is 95.9 Å². The van der Waals surface area contributed by atoms with Crippen molar-refractivity contribution in [3.8, 4) is 5.75 Å². The van der Waals surface area contributed by atoms with Crippen molar-refractivity contribution in [2.45, 2.75) is 6.61 Å². The van der Waals surface area contributed by atoms with Gasteiger partial charge in [-0.15, -0.1) is 0 Å². The average molecular weight is 373 g/mol. The number of ether oxygens (including phenoxy) is 1. The zero-order valence-electron chi connectivity index (χ0n) is 15.5. The van der Waals surface area contributed by atoms with Crippen LogP contribution in [0.3, 0.4) is 0 Å². The first-order chi connectivity index (χ1) is 13.7. The van der Waals surface area contributed by atoms with Crippen molar-refractivity contribution in [2.75, 3.05) is 5.43 Å². The van der Waals surface area contributed by atoms with Crippen molar-refractivity contribution in [1.82, 2.24) is 4.57 Å². The molecule has 0 radical (unpaired) electrons. The Balaban J connectivity index is 1.59. The normalized spacial score (nSPS) is 11.2. The van der Waals surface area contributed by atoms with Crippen LogP contribution in [0.5, 0.6) is 5.75 Å². The summed E-state index contributed by atoms with van der Waals surface area (Å²) < 4.78 is 21.2. The Labute approximate surface area is 162 Å². The Hall–Kier alpha value is -3.60. The van der Waals surface area contributed by atoms with Gasteiger partial charge in [0.05, 0.1) is 22.8 Å². The van der Waals surface area contributed by atoms with E-state index in [0.717, 1.165) is 33.5 Å². The van der Waals surface area contributed by atoms with Gasteiger partial charge >= 0.3 is 0 Å². The number of rotatable bonds is 6. The minimum Gasteiger partial charge on any atom is -0.488 e. The average Bonchev–Trinajstić information content (AvgIpc) is 3.05. The predicted molar refractivity (Wildman–Crippen MR) is 111 cm³/mol. The van der Waals surface area contributed by atoms with Crippen LogP contribution in [0.25, 0.3) is 10.9 Å². The lowest BCUT2D eigenvalue weighted by molar-refractivity contribution is 0.310. The molecule has 0 bridgehead atoms. The molecule has 0 spiro atoms. The van der Waals surface area contributed by atoms with Gasteiger partial charge in [0.15, 0.2) is 0 Å². The van der Waals surface area contributed by atoms with Gasteiger partial charge in [0.1, 0.15) is 18.2 Å². The SMILES string of the molecule is Cn1cc(C=NNc2ccc(F)cc2)c2c(OCc3ccccc3)cccc21. The van der Waals surface area contributed by atoms with E-state index in [4.69, 9.17) is 4.74 Å². The molecule has 0 fully saturated rings. The second-order valence-corrected chi connectivity index (χ2v) is 6.50. The Morgan fingerprint density at radius 3 is 2.57 bits per heavy atom. The van der Waals surface area contributed by atoms with Gasteiger partial charge in [-0.2, -0.15) is 5.10 Å². The van der Waals surface area contributed by atoms with E-state index >= 15 is 0 Å². The summed E-state index contributed by atoms with van der Waals surface area (Å²) in [6.45, 7) is 0.499. The van der Waals surface area contributed by atoms with E-state index in [1.807, 2.05) is 60.3 Å². The number of halogens is 1. The van der Waals surface area contributed by atoms with Crippen molar-refractivity contribution in [1.29, 1.82) is 0 Å². The maximum Gasteiger partial charge on any atom is 0.129 e. The molecular weight excluding hydrogens is 353 g/mol. The molecule has 4 nitrogen and oxygen atoms in total. The second-order valence-electron chi connectivity index (χ2n) is 6.50. The van der Waals surface area contributed by atoms with Gasteiger partial charge in [0.2, 0.25) is 0 Å². The van der Waals surface area contributed by atoms with Crippen LogP contribution in [0.1, 0.15) is 11.1 Å². The largest absolute Gasteiger partial charge is 0.488 e. The van der Waals surface area contributed by atoms with Crippen molar-refractivity contribution in [3.63, 3.8) is 0 Å². The molecule has 0 saturated carbocycles. The lowest BCUT2D eigenvalue weighted by Gasteiger charge is -2.09. The molecule has 0 aliphatic carbocycles. The minimum atomic E-state index is -0.274. The standard InChI is InChI=1S/C23H20FN3O/c1-27-15-18(14-25-26-20-12-10-19(24)11-13-20)23-21(27)8-5-9-22(23)28-16-17-6-3-2-4-7-17/h2-15,26H,16H2,1H3. The number of hydrogen-bond acceptors (Lipinski definition) is 3. The quantitative estimate of drug-likeness (QED) is 0.366. The summed E-state index contributed by atoms with van der Waals surface area (Å²) in [6.07, 6.45) is 3.76. The number of hydrogen-bond donors (Lipinski definition) is 1. The Bertz CT molecular complexity index is 1100. The topological polar surface area (TPSA) is 38.5 Å². The molecule has 3 aromatic carbocycles. The molecule has 0 saturated heterocycles. The van der Waals surface area contributed by atoms with E-state index in [9.17, 15) is 4.39 Å². The van der Waals surface area contributed by atoms with Crippen LogP contribution in [-0.4, -0.2) is 10.8 Å². The van der Waals surface area contributed by atoms with E-state index < -0.39 is 0 Å². The molecule has 0 unspecified atom stereocenters. The summed E-state index contributed by atoms with van der Waals surface area (Å²) in [5.74, 6) is 0.536. The van der Waals surface area contributed by atoms with Gasteiger partial charge in [-0.3, -0.25) is 5.43 Å². The third kappa shape index (κ3) is 3.88. The fourth-order valence-corrected chi connectivity index (χ4v) is 3.10. The molecule has 4 rings (SSSR count). The zero-order valence-corrected chi connectivity index (χ0v) is 15.5. The molecule has 140 valence electrons. The maximum atomic E-state index is 13.0. The lowest BCUT2D eigenvalue weighted by Crippen LogP contribution is -1.96. The summed E-state index contributed by atoms with van der Waals surface area (Å²) in [4.78, 5) is 0. The fourth-order valence-electron chi connectivity index (χ4n) is 3.10. The molecule has 4 aromatic rings. The van der Waals surface area contributed by atoms with Gasteiger partial charge in [-0.1, -0.05) is 36.4 Å². The lowest BCUT2D eigenvalue weighted by atomic mass is 10.1. The van der Waals surface area contributed by atoms with Gasteiger partial charge in [0.25, 0.3) is 0 Å². The number of nitrogens with zero attached hydrogens (tertiary/aromatic N) is 2. The van der Waals surface area contributed by atoms with Gasteiger partial charge < -0.3 is 9.30 Å². The molecule has 0 amide bonds. The Kier molecular flexibility index (Phi) is 5.06. The third-order valence-electron chi connectivity index (χ3n) is 4.48. The molecule has 1 heterocycles. The van der Waals surface area contributed by atoms with Crippen LogP contribution >= 0.6 is 0 Å². The summed E-state index contributed by atoms with van der Waals surface area (Å²) in [5.41, 5.74) is 6.76. The van der Waals surface area contributed by atoms with E-state index in [0.29, 0.717) is 6.61 Å². The fraction of sp³-hybridized carbons (Fsp3) is 0.0870. The highest BCUT2D eigenvalue weighted by atomic mass is 19.1. The highest BCUT2D eigenvalue weighted by molar-refractivity contribution is 6.03. The molecule has 1 aromatic heterocycles. The predicted octanol–water partition coefficient (Wildman–Crippen LogP) is 5.34. The smallest absolute Gasteiger partial charge is 0.129 e. The summed E-state index contributed by atoms with van der Waals surface area (Å²) in [5, 5.41) is 5.30. The summed E-state index contributed by atoms with van der Waals surface area (Å²) in [6, 6.07) is 22.2. The number of aryl methyl sites for hydroxylation is 1. The number of hydrazone groups is 1. The van der Waals surface area contributed by atoms with Gasteiger partial charge in [-0.25, -0.2) is 4.39 Å². The molecule has 28 heavy (non-hydrogen) atoms. The first-order valence-corrected chi connectivity index (χ1v) is 9.00. The highest BCUT2D eigenvalue weighted by Gasteiger charge is 2.11.